The van der Waals surface area contributed by atoms with Crippen LogP contribution in [0.2, 0.25) is 0 Å². The molecular formula is C13H18N2O3. The second-order valence-electron chi connectivity index (χ2n) is 4.16. The van der Waals surface area contributed by atoms with Crippen molar-refractivity contribution in [2.75, 3.05) is 6.54 Å². The number of rotatable bonds is 6. The standard InChI is InChI=1S/C13H18N2O3/c1-9(13(18)15-8-7-11(16)17)12(14)10-5-3-2-4-6-10/h2-6,9,12H,7-8,14H2,1H3,(H,15,18)(H,16,17). The van der Waals surface area contributed by atoms with Gasteiger partial charge in [0.1, 0.15) is 0 Å². The van der Waals surface area contributed by atoms with Gasteiger partial charge in [-0.05, 0) is 5.56 Å². The Morgan fingerprint density at radius 3 is 2.50 bits per heavy atom. The van der Waals surface area contributed by atoms with Crippen molar-refractivity contribution < 1.29 is 14.7 Å². The Kier molecular flexibility index (Phi) is 5.32. The van der Waals surface area contributed by atoms with E-state index in [4.69, 9.17) is 10.8 Å². The van der Waals surface area contributed by atoms with E-state index in [2.05, 4.69) is 5.32 Å². The Labute approximate surface area is 106 Å². The number of benzene rings is 1. The summed E-state index contributed by atoms with van der Waals surface area (Å²) >= 11 is 0. The maximum atomic E-state index is 11.8. The van der Waals surface area contributed by atoms with Gasteiger partial charge in [0.05, 0.1) is 12.3 Å². The van der Waals surface area contributed by atoms with Crippen LogP contribution >= 0.6 is 0 Å². The molecule has 1 amide bonds. The van der Waals surface area contributed by atoms with Gasteiger partial charge in [-0.25, -0.2) is 0 Å². The van der Waals surface area contributed by atoms with Crippen LogP contribution in [0.3, 0.4) is 0 Å². The van der Waals surface area contributed by atoms with E-state index in [1.54, 1.807) is 6.92 Å². The predicted octanol–water partition coefficient (Wildman–Crippen LogP) is 0.913. The van der Waals surface area contributed by atoms with Crippen molar-refractivity contribution in [3.8, 4) is 0 Å². The minimum absolute atomic E-state index is 0.0843. The molecule has 1 aromatic rings. The first kappa shape index (κ1) is 14.2. The van der Waals surface area contributed by atoms with Gasteiger partial charge in [0, 0.05) is 12.6 Å². The molecular weight excluding hydrogens is 232 g/mol. The lowest BCUT2D eigenvalue weighted by Gasteiger charge is -2.19. The highest BCUT2D eigenvalue weighted by Gasteiger charge is 2.21. The molecule has 0 spiro atoms. The van der Waals surface area contributed by atoms with Gasteiger partial charge in [0.25, 0.3) is 0 Å². The summed E-state index contributed by atoms with van der Waals surface area (Å²) in [7, 11) is 0. The van der Waals surface area contributed by atoms with Crippen LogP contribution < -0.4 is 11.1 Å². The van der Waals surface area contributed by atoms with Crippen LogP contribution in [0.4, 0.5) is 0 Å². The van der Waals surface area contributed by atoms with Crippen molar-refractivity contribution in [2.45, 2.75) is 19.4 Å². The van der Waals surface area contributed by atoms with E-state index >= 15 is 0 Å². The molecule has 2 unspecified atom stereocenters. The third kappa shape index (κ3) is 4.18. The number of nitrogens with one attached hydrogen (secondary N) is 1. The van der Waals surface area contributed by atoms with Crippen LogP contribution in [0.1, 0.15) is 24.9 Å². The van der Waals surface area contributed by atoms with Gasteiger partial charge in [0.2, 0.25) is 5.91 Å². The molecule has 5 heteroatoms. The van der Waals surface area contributed by atoms with Gasteiger partial charge >= 0.3 is 5.97 Å². The van der Waals surface area contributed by atoms with Gasteiger partial charge < -0.3 is 16.2 Å². The molecule has 0 aliphatic rings. The van der Waals surface area contributed by atoms with Crippen molar-refractivity contribution >= 4 is 11.9 Å². The summed E-state index contributed by atoms with van der Waals surface area (Å²) in [4.78, 5) is 22.1. The van der Waals surface area contributed by atoms with Crippen molar-refractivity contribution in [2.24, 2.45) is 11.7 Å². The van der Waals surface area contributed by atoms with Gasteiger partial charge in [-0.2, -0.15) is 0 Å². The average molecular weight is 250 g/mol. The highest BCUT2D eigenvalue weighted by Crippen LogP contribution is 2.18. The SMILES string of the molecule is CC(C(=O)NCCC(=O)O)C(N)c1ccccc1. The fourth-order valence-electron chi connectivity index (χ4n) is 1.58. The van der Waals surface area contributed by atoms with Gasteiger partial charge in [-0.1, -0.05) is 37.3 Å². The molecule has 0 heterocycles. The zero-order valence-electron chi connectivity index (χ0n) is 10.3. The van der Waals surface area contributed by atoms with Gasteiger partial charge in [-0.3, -0.25) is 9.59 Å². The monoisotopic (exact) mass is 250 g/mol. The first-order chi connectivity index (χ1) is 8.52. The van der Waals surface area contributed by atoms with Crippen molar-refractivity contribution in [1.82, 2.24) is 5.32 Å². The van der Waals surface area contributed by atoms with Crippen LogP contribution in [-0.2, 0) is 9.59 Å². The number of nitrogens with two attached hydrogens (primary N) is 1. The zero-order chi connectivity index (χ0) is 13.5. The minimum atomic E-state index is -0.935. The molecule has 0 aliphatic carbocycles. The van der Waals surface area contributed by atoms with Crippen LogP contribution in [-0.4, -0.2) is 23.5 Å². The Bertz CT molecular complexity index is 406. The molecule has 1 aromatic carbocycles. The lowest BCUT2D eigenvalue weighted by atomic mass is 9.95. The molecule has 0 bridgehead atoms. The molecule has 2 atom stereocenters. The number of carboxylic acid groups (broad SMARTS) is 1. The van der Waals surface area contributed by atoms with E-state index in [1.807, 2.05) is 30.3 Å². The quantitative estimate of drug-likeness (QED) is 0.699. The maximum Gasteiger partial charge on any atom is 0.305 e. The largest absolute Gasteiger partial charge is 0.481 e. The highest BCUT2D eigenvalue weighted by atomic mass is 16.4. The number of hydrogen-bond acceptors (Lipinski definition) is 3. The van der Waals surface area contributed by atoms with Crippen molar-refractivity contribution in [3.05, 3.63) is 35.9 Å². The first-order valence-electron chi connectivity index (χ1n) is 5.82. The van der Waals surface area contributed by atoms with Crippen molar-refractivity contribution in [1.29, 1.82) is 0 Å². The molecule has 18 heavy (non-hydrogen) atoms. The van der Waals surface area contributed by atoms with Crippen LogP contribution in [0.25, 0.3) is 0 Å². The molecule has 5 nitrogen and oxygen atoms in total. The second-order valence-corrected chi connectivity index (χ2v) is 4.16. The molecule has 0 radical (unpaired) electrons. The number of carbonyl (C=O) groups excluding carboxylic acids is 1. The fourth-order valence-corrected chi connectivity index (χ4v) is 1.58. The first-order valence-corrected chi connectivity index (χ1v) is 5.82. The van der Waals surface area contributed by atoms with Gasteiger partial charge in [-0.15, -0.1) is 0 Å². The summed E-state index contributed by atoms with van der Waals surface area (Å²) in [6.07, 6.45) is -0.0843. The summed E-state index contributed by atoms with van der Waals surface area (Å²) in [5, 5.41) is 11.0. The fraction of sp³-hybridized carbons (Fsp3) is 0.385. The van der Waals surface area contributed by atoms with E-state index in [0.717, 1.165) is 5.56 Å². The van der Waals surface area contributed by atoms with Crippen molar-refractivity contribution in [3.63, 3.8) is 0 Å². The molecule has 0 aromatic heterocycles. The summed E-state index contributed by atoms with van der Waals surface area (Å²) in [5.74, 6) is -1.57. The third-order valence-electron chi connectivity index (χ3n) is 2.77. The molecule has 4 N–H and O–H groups in total. The third-order valence-corrected chi connectivity index (χ3v) is 2.77. The van der Waals surface area contributed by atoms with E-state index in [9.17, 15) is 9.59 Å². The number of amides is 1. The second kappa shape index (κ2) is 6.76. The average Bonchev–Trinajstić information content (AvgIpc) is 2.37. The summed E-state index contributed by atoms with van der Waals surface area (Å²) in [5.41, 5.74) is 6.88. The summed E-state index contributed by atoms with van der Waals surface area (Å²) < 4.78 is 0. The number of carbonyl (C=O) groups is 2. The maximum absolute atomic E-state index is 11.8. The van der Waals surface area contributed by atoms with E-state index in [0.29, 0.717) is 0 Å². The van der Waals surface area contributed by atoms with Gasteiger partial charge in [0.15, 0.2) is 0 Å². The molecule has 98 valence electrons. The van der Waals surface area contributed by atoms with Crippen LogP contribution in [0.15, 0.2) is 30.3 Å². The summed E-state index contributed by atoms with van der Waals surface area (Å²) in [6.45, 7) is 1.85. The minimum Gasteiger partial charge on any atom is -0.481 e. The smallest absolute Gasteiger partial charge is 0.305 e. The Hall–Kier alpha value is -1.88. The number of hydrogen-bond donors (Lipinski definition) is 3. The molecule has 0 fully saturated rings. The van der Waals surface area contributed by atoms with Crippen LogP contribution in [0, 0.1) is 5.92 Å². The highest BCUT2D eigenvalue weighted by molar-refractivity contribution is 5.79. The topological polar surface area (TPSA) is 92.4 Å². The van der Waals surface area contributed by atoms with Crippen LogP contribution in [0.5, 0.6) is 0 Å². The predicted molar refractivity (Wildman–Crippen MR) is 67.8 cm³/mol. The summed E-state index contributed by atoms with van der Waals surface area (Å²) in [6, 6.07) is 8.95. The number of aliphatic carboxylic acids is 1. The number of carboxylic acids is 1. The van der Waals surface area contributed by atoms with E-state index in [1.165, 1.54) is 0 Å². The molecule has 0 saturated heterocycles. The normalized spacial score (nSPS) is 13.7. The Balaban J connectivity index is 2.50. The Morgan fingerprint density at radius 2 is 1.94 bits per heavy atom. The van der Waals surface area contributed by atoms with E-state index < -0.39 is 17.9 Å². The lowest BCUT2D eigenvalue weighted by molar-refractivity contribution is -0.137. The molecule has 1 rings (SSSR count). The lowest BCUT2D eigenvalue weighted by Crippen LogP contribution is -2.36. The molecule has 0 aliphatic heterocycles. The Morgan fingerprint density at radius 1 is 1.33 bits per heavy atom. The molecule has 0 saturated carbocycles. The van der Waals surface area contributed by atoms with E-state index in [-0.39, 0.29) is 18.9 Å². The zero-order valence-corrected chi connectivity index (χ0v) is 10.3.